The third-order valence-corrected chi connectivity index (χ3v) is 7.11. The average Bonchev–Trinajstić information content (AvgIpc) is 2.74. The average molecular weight is 417 g/mol. The van der Waals surface area contributed by atoms with Crippen molar-refractivity contribution in [3.63, 3.8) is 0 Å². The minimum Gasteiger partial charge on any atom is -0.496 e. The number of methoxy groups -OCH3 is 1. The van der Waals surface area contributed by atoms with E-state index in [-0.39, 0.29) is 17.3 Å². The number of piperidine rings is 1. The monoisotopic (exact) mass is 416 g/mol. The number of carbonyl (C=O) groups excluding carboxylic acids is 1. The predicted molar refractivity (Wildman–Crippen MR) is 113 cm³/mol. The second-order valence-corrected chi connectivity index (χ2v) is 9.50. The highest BCUT2D eigenvalue weighted by Crippen LogP contribution is 2.25. The van der Waals surface area contributed by atoms with Gasteiger partial charge in [-0.15, -0.1) is 0 Å². The molecule has 3 rings (SSSR count). The molecule has 0 bridgehead atoms. The van der Waals surface area contributed by atoms with Gasteiger partial charge >= 0.3 is 0 Å². The topological polar surface area (TPSA) is 66.9 Å². The van der Waals surface area contributed by atoms with Gasteiger partial charge < -0.3 is 9.64 Å². The van der Waals surface area contributed by atoms with Crippen LogP contribution in [0.25, 0.3) is 0 Å². The Morgan fingerprint density at radius 3 is 2.34 bits per heavy atom. The fourth-order valence-corrected chi connectivity index (χ4v) is 4.68. The van der Waals surface area contributed by atoms with Crippen molar-refractivity contribution in [2.75, 3.05) is 27.2 Å². The van der Waals surface area contributed by atoms with Gasteiger partial charge in [-0.2, -0.15) is 4.31 Å². The van der Waals surface area contributed by atoms with Gasteiger partial charge in [-0.25, -0.2) is 8.42 Å². The number of rotatable bonds is 6. The van der Waals surface area contributed by atoms with E-state index >= 15 is 0 Å². The molecule has 6 nitrogen and oxygen atoms in total. The molecule has 0 saturated carbocycles. The number of nitrogens with zero attached hydrogens (tertiary/aromatic N) is 2. The Balaban J connectivity index is 1.85. The van der Waals surface area contributed by atoms with Gasteiger partial charge in [0.15, 0.2) is 0 Å². The molecule has 2 aromatic rings. The number of ether oxygens (including phenoxy) is 1. The Morgan fingerprint density at radius 2 is 1.72 bits per heavy atom. The highest BCUT2D eigenvalue weighted by Gasteiger charge is 2.24. The maximum Gasteiger partial charge on any atom is 0.253 e. The van der Waals surface area contributed by atoms with E-state index in [4.69, 9.17) is 4.74 Å². The minimum atomic E-state index is -3.65. The van der Waals surface area contributed by atoms with Crippen LogP contribution in [0.1, 0.15) is 40.7 Å². The summed E-state index contributed by atoms with van der Waals surface area (Å²) in [7, 11) is -0.573. The van der Waals surface area contributed by atoms with Gasteiger partial charge in [0.25, 0.3) is 5.91 Å². The van der Waals surface area contributed by atoms with Gasteiger partial charge in [0.05, 0.1) is 12.0 Å². The van der Waals surface area contributed by atoms with Crippen molar-refractivity contribution in [1.82, 2.24) is 9.21 Å². The molecular weight excluding hydrogens is 388 g/mol. The van der Waals surface area contributed by atoms with Crippen LogP contribution in [-0.4, -0.2) is 50.8 Å². The zero-order valence-corrected chi connectivity index (χ0v) is 18.0. The van der Waals surface area contributed by atoms with Crippen molar-refractivity contribution in [3.8, 4) is 5.75 Å². The van der Waals surface area contributed by atoms with Gasteiger partial charge in [0, 0.05) is 37.8 Å². The van der Waals surface area contributed by atoms with Crippen LogP contribution < -0.4 is 4.74 Å². The van der Waals surface area contributed by atoms with Gasteiger partial charge in [-0.3, -0.25) is 4.79 Å². The number of amides is 1. The zero-order chi connectivity index (χ0) is 21.0. The summed E-state index contributed by atoms with van der Waals surface area (Å²) in [6, 6.07) is 12.0. The molecule has 1 saturated heterocycles. The zero-order valence-electron chi connectivity index (χ0n) is 17.2. The molecule has 0 aromatic heterocycles. The predicted octanol–water partition coefficient (Wildman–Crippen LogP) is 3.45. The van der Waals surface area contributed by atoms with Crippen LogP contribution in [0.2, 0.25) is 0 Å². The van der Waals surface area contributed by atoms with Gasteiger partial charge in [-0.1, -0.05) is 17.7 Å². The molecule has 1 heterocycles. The third kappa shape index (κ3) is 4.79. The van der Waals surface area contributed by atoms with E-state index in [1.807, 2.05) is 11.8 Å². The summed E-state index contributed by atoms with van der Waals surface area (Å²) in [5.74, 6) is 0.545. The van der Waals surface area contributed by atoms with Crippen LogP contribution in [0.5, 0.6) is 5.75 Å². The fourth-order valence-electron chi connectivity index (χ4n) is 3.53. The highest BCUT2D eigenvalue weighted by molar-refractivity contribution is 7.89. The van der Waals surface area contributed by atoms with Crippen molar-refractivity contribution >= 4 is 15.9 Å². The largest absolute Gasteiger partial charge is 0.496 e. The molecule has 0 N–H and O–H groups in total. The van der Waals surface area contributed by atoms with E-state index in [1.54, 1.807) is 49.6 Å². The van der Waals surface area contributed by atoms with Crippen molar-refractivity contribution in [3.05, 3.63) is 59.2 Å². The van der Waals surface area contributed by atoms with E-state index in [9.17, 15) is 13.2 Å². The van der Waals surface area contributed by atoms with Gasteiger partial charge in [0.2, 0.25) is 10.0 Å². The molecule has 156 valence electrons. The SMILES string of the molecule is COc1ccc(C(=O)N2CCCCC2)cc1CN(C)S(=O)(=O)c1ccc(C)cc1. The Morgan fingerprint density at radius 1 is 1.07 bits per heavy atom. The summed E-state index contributed by atoms with van der Waals surface area (Å²) in [5, 5.41) is 0. The molecule has 2 aromatic carbocycles. The summed E-state index contributed by atoms with van der Waals surface area (Å²) in [6.07, 6.45) is 3.19. The van der Waals surface area contributed by atoms with E-state index < -0.39 is 10.0 Å². The lowest BCUT2D eigenvalue weighted by molar-refractivity contribution is 0.0724. The second-order valence-electron chi connectivity index (χ2n) is 7.45. The van der Waals surface area contributed by atoms with Gasteiger partial charge in [0.1, 0.15) is 5.75 Å². The molecule has 7 heteroatoms. The molecule has 1 aliphatic rings. The number of likely N-dealkylation sites (tertiary alicyclic amines) is 1. The summed E-state index contributed by atoms with van der Waals surface area (Å²) in [5.41, 5.74) is 2.22. The lowest BCUT2D eigenvalue weighted by atomic mass is 10.1. The first-order chi connectivity index (χ1) is 13.8. The lowest BCUT2D eigenvalue weighted by Gasteiger charge is -2.27. The molecule has 0 unspecified atom stereocenters. The number of benzene rings is 2. The first-order valence-corrected chi connectivity index (χ1v) is 11.3. The molecule has 1 amide bonds. The van der Waals surface area contributed by atoms with Crippen LogP contribution >= 0.6 is 0 Å². The second kappa shape index (κ2) is 8.97. The number of hydrogen-bond acceptors (Lipinski definition) is 4. The molecule has 0 aliphatic carbocycles. The molecule has 29 heavy (non-hydrogen) atoms. The number of aryl methyl sites for hydroxylation is 1. The first-order valence-electron chi connectivity index (χ1n) is 9.82. The lowest BCUT2D eigenvalue weighted by Crippen LogP contribution is -2.35. The van der Waals surface area contributed by atoms with Crippen molar-refractivity contribution in [1.29, 1.82) is 0 Å². The van der Waals surface area contributed by atoms with Crippen LogP contribution in [0.3, 0.4) is 0 Å². The smallest absolute Gasteiger partial charge is 0.253 e. The maximum atomic E-state index is 12.9. The van der Waals surface area contributed by atoms with E-state index in [1.165, 1.54) is 11.4 Å². The molecule has 1 fully saturated rings. The quantitative estimate of drug-likeness (QED) is 0.723. The van der Waals surface area contributed by atoms with E-state index in [0.29, 0.717) is 16.9 Å². The van der Waals surface area contributed by atoms with E-state index in [2.05, 4.69) is 0 Å². The Hall–Kier alpha value is -2.38. The number of hydrogen-bond donors (Lipinski definition) is 0. The first kappa shape index (κ1) is 21.3. The molecular formula is C22H28N2O4S. The highest BCUT2D eigenvalue weighted by atomic mass is 32.2. The number of sulfonamides is 1. The Kier molecular flexibility index (Phi) is 6.59. The summed E-state index contributed by atoms with van der Waals surface area (Å²) < 4.78 is 32.5. The van der Waals surface area contributed by atoms with Crippen LogP contribution in [-0.2, 0) is 16.6 Å². The molecule has 0 atom stereocenters. The maximum absolute atomic E-state index is 12.9. The standard InChI is InChI=1S/C22H28N2O4S/c1-17-7-10-20(11-8-17)29(26,27)23(2)16-19-15-18(9-12-21(19)28-3)22(25)24-13-5-4-6-14-24/h7-12,15H,4-6,13-14,16H2,1-3H3. The fraction of sp³-hybridized carbons (Fsp3) is 0.409. The van der Waals surface area contributed by atoms with Crippen LogP contribution in [0.4, 0.5) is 0 Å². The minimum absolute atomic E-state index is 0.0161. The van der Waals surface area contributed by atoms with Crippen molar-refractivity contribution < 1.29 is 17.9 Å². The summed E-state index contributed by atoms with van der Waals surface area (Å²) in [6.45, 7) is 3.56. The number of carbonyl (C=O) groups is 1. The third-order valence-electron chi connectivity index (χ3n) is 5.29. The molecule has 1 aliphatic heterocycles. The van der Waals surface area contributed by atoms with Crippen LogP contribution in [0.15, 0.2) is 47.4 Å². The van der Waals surface area contributed by atoms with Crippen molar-refractivity contribution in [2.24, 2.45) is 0 Å². The molecule has 0 radical (unpaired) electrons. The normalized spacial score (nSPS) is 14.8. The molecule has 0 spiro atoms. The van der Waals surface area contributed by atoms with Crippen molar-refractivity contribution in [2.45, 2.75) is 37.6 Å². The van der Waals surface area contributed by atoms with Crippen LogP contribution in [0, 0.1) is 6.92 Å². The Bertz CT molecular complexity index is 965. The summed E-state index contributed by atoms with van der Waals surface area (Å²) in [4.78, 5) is 14.9. The summed E-state index contributed by atoms with van der Waals surface area (Å²) >= 11 is 0. The Labute approximate surface area is 173 Å². The van der Waals surface area contributed by atoms with Gasteiger partial charge in [-0.05, 0) is 56.5 Å². The van der Waals surface area contributed by atoms with E-state index in [0.717, 1.165) is 37.9 Å².